The molecule has 0 spiro atoms. The number of carbonyl (C=O) groups excluding carboxylic acids is 1. The van der Waals surface area contributed by atoms with Crippen molar-refractivity contribution in [1.29, 1.82) is 0 Å². The van der Waals surface area contributed by atoms with Gasteiger partial charge in [0, 0.05) is 31.8 Å². The van der Waals surface area contributed by atoms with Crippen molar-refractivity contribution in [2.75, 3.05) is 26.2 Å². The highest BCUT2D eigenvalue weighted by Gasteiger charge is 2.17. The van der Waals surface area contributed by atoms with Crippen LogP contribution in [0.1, 0.15) is 18.4 Å². The average Bonchev–Trinajstić information content (AvgIpc) is 3.01. The monoisotopic (exact) mass is 306 g/mol. The number of benzene rings is 1. The van der Waals surface area contributed by atoms with Gasteiger partial charge in [-0.25, -0.2) is 4.39 Å². The second-order valence-electron chi connectivity index (χ2n) is 5.49. The molecule has 0 radical (unpaired) electrons. The van der Waals surface area contributed by atoms with Crippen molar-refractivity contribution in [1.82, 2.24) is 10.2 Å². The van der Waals surface area contributed by atoms with Crippen LogP contribution in [0.5, 0.6) is 0 Å². The Morgan fingerprint density at radius 3 is 3.00 bits per heavy atom. The lowest BCUT2D eigenvalue weighted by molar-refractivity contribution is -0.122. The fourth-order valence-corrected chi connectivity index (χ4v) is 2.53. The number of nitrogens with zero attached hydrogens (tertiary/aromatic N) is 1. The Kier molecular flexibility index (Phi) is 6.55. The first-order valence-electron chi connectivity index (χ1n) is 7.64. The first kappa shape index (κ1) is 16.6. The Bertz CT molecular complexity index is 501. The van der Waals surface area contributed by atoms with E-state index in [4.69, 9.17) is 4.74 Å². The highest BCUT2D eigenvalue weighted by atomic mass is 19.1. The summed E-state index contributed by atoms with van der Waals surface area (Å²) in [6.45, 7) is 6.14. The van der Waals surface area contributed by atoms with Gasteiger partial charge in [-0.05, 0) is 18.9 Å². The van der Waals surface area contributed by atoms with Gasteiger partial charge in [-0.1, -0.05) is 24.3 Å². The normalized spacial score (nSPS) is 17.6. The molecule has 5 heteroatoms. The van der Waals surface area contributed by atoms with Crippen LogP contribution >= 0.6 is 0 Å². The third kappa shape index (κ3) is 5.24. The van der Waals surface area contributed by atoms with Gasteiger partial charge in [0.25, 0.3) is 0 Å². The third-order valence-electron chi connectivity index (χ3n) is 3.66. The van der Waals surface area contributed by atoms with Gasteiger partial charge in [0.05, 0.1) is 12.6 Å². The molecule has 0 aromatic heterocycles. The molecule has 1 unspecified atom stereocenters. The molecule has 2 rings (SSSR count). The van der Waals surface area contributed by atoms with Crippen molar-refractivity contribution in [3.63, 3.8) is 0 Å². The van der Waals surface area contributed by atoms with E-state index < -0.39 is 0 Å². The van der Waals surface area contributed by atoms with Crippen molar-refractivity contribution in [2.45, 2.75) is 25.5 Å². The zero-order valence-corrected chi connectivity index (χ0v) is 12.8. The van der Waals surface area contributed by atoms with Crippen LogP contribution in [0.2, 0.25) is 0 Å². The van der Waals surface area contributed by atoms with Gasteiger partial charge in [0.1, 0.15) is 5.82 Å². The van der Waals surface area contributed by atoms with Crippen LogP contribution in [0.3, 0.4) is 0 Å². The molecule has 0 bridgehead atoms. The molecule has 1 aromatic carbocycles. The lowest BCUT2D eigenvalue weighted by atomic mass is 10.2. The maximum atomic E-state index is 13.7. The van der Waals surface area contributed by atoms with Gasteiger partial charge in [0.2, 0.25) is 5.91 Å². The summed E-state index contributed by atoms with van der Waals surface area (Å²) in [5.41, 5.74) is 0.580. The van der Waals surface area contributed by atoms with E-state index in [0.717, 1.165) is 19.4 Å². The maximum Gasteiger partial charge on any atom is 0.234 e. The van der Waals surface area contributed by atoms with Crippen LogP contribution in [0.4, 0.5) is 4.39 Å². The van der Waals surface area contributed by atoms with Crippen molar-refractivity contribution in [3.8, 4) is 0 Å². The second kappa shape index (κ2) is 8.66. The predicted molar refractivity (Wildman–Crippen MR) is 83.9 cm³/mol. The van der Waals surface area contributed by atoms with E-state index in [2.05, 4.69) is 11.9 Å². The van der Waals surface area contributed by atoms with E-state index in [0.29, 0.717) is 25.2 Å². The molecule has 1 fully saturated rings. The summed E-state index contributed by atoms with van der Waals surface area (Å²) in [5, 5.41) is 2.88. The molecule has 1 saturated heterocycles. The fraction of sp³-hybridized carbons (Fsp3) is 0.471. The summed E-state index contributed by atoms with van der Waals surface area (Å²) in [6, 6.07) is 6.61. The standard InChI is InChI=1S/C17H23FN2O2/c1-2-9-20(12-14-6-3-4-8-16(14)18)13-17(21)19-11-15-7-5-10-22-15/h2-4,6,8,15H,1,5,7,9-13H2,(H,19,21). The fourth-order valence-electron chi connectivity index (χ4n) is 2.53. The summed E-state index contributed by atoms with van der Waals surface area (Å²) < 4.78 is 19.2. The quantitative estimate of drug-likeness (QED) is 0.748. The Labute approximate surface area is 131 Å². The molecule has 1 aliphatic heterocycles. The largest absolute Gasteiger partial charge is 0.376 e. The topological polar surface area (TPSA) is 41.6 Å². The minimum atomic E-state index is -0.253. The summed E-state index contributed by atoms with van der Waals surface area (Å²) >= 11 is 0. The van der Waals surface area contributed by atoms with Crippen molar-refractivity contribution in [3.05, 3.63) is 48.3 Å². The predicted octanol–water partition coefficient (Wildman–Crippen LogP) is 2.11. The van der Waals surface area contributed by atoms with Gasteiger partial charge in [0.15, 0.2) is 0 Å². The molecular formula is C17H23FN2O2. The van der Waals surface area contributed by atoms with Crippen LogP contribution in [0.25, 0.3) is 0 Å². The zero-order chi connectivity index (χ0) is 15.8. The van der Waals surface area contributed by atoms with E-state index in [1.165, 1.54) is 6.07 Å². The highest BCUT2D eigenvalue weighted by molar-refractivity contribution is 5.78. The molecule has 1 amide bonds. The summed E-state index contributed by atoms with van der Waals surface area (Å²) in [5.74, 6) is -0.329. The second-order valence-corrected chi connectivity index (χ2v) is 5.49. The van der Waals surface area contributed by atoms with Gasteiger partial charge in [-0.2, -0.15) is 0 Å². The molecule has 0 saturated carbocycles. The number of ether oxygens (including phenoxy) is 1. The van der Waals surface area contributed by atoms with E-state index in [9.17, 15) is 9.18 Å². The Morgan fingerprint density at radius 1 is 1.50 bits per heavy atom. The number of nitrogens with one attached hydrogen (secondary N) is 1. The molecular weight excluding hydrogens is 283 g/mol. The SMILES string of the molecule is C=CCN(CC(=O)NCC1CCCO1)Cc1ccccc1F. The van der Waals surface area contributed by atoms with Gasteiger partial charge < -0.3 is 10.1 Å². The van der Waals surface area contributed by atoms with E-state index in [1.807, 2.05) is 4.90 Å². The minimum absolute atomic E-state index is 0.0753. The van der Waals surface area contributed by atoms with Gasteiger partial charge in [-0.15, -0.1) is 6.58 Å². The molecule has 1 N–H and O–H groups in total. The van der Waals surface area contributed by atoms with Gasteiger partial charge in [-0.3, -0.25) is 9.69 Å². The van der Waals surface area contributed by atoms with E-state index >= 15 is 0 Å². The number of halogens is 1. The first-order valence-corrected chi connectivity index (χ1v) is 7.64. The number of hydrogen-bond donors (Lipinski definition) is 1. The Balaban J connectivity index is 1.83. The summed E-state index contributed by atoms with van der Waals surface area (Å²) in [4.78, 5) is 13.9. The number of carbonyl (C=O) groups is 1. The van der Waals surface area contributed by atoms with Crippen LogP contribution in [0.15, 0.2) is 36.9 Å². The molecule has 1 aliphatic rings. The van der Waals surface area contributed by atoms with Crippen LogP contribution in [-0.2, 0) is 16.1 Å². The molecule has 120 valence electrons. The highest BCUT2D eigenvalue weighted by Crippen LogP contribution is 2.11. The molecule has 4 nitrogen and oxygen atoms in total. The Morgan fingerprint density at radius 2 is 2.32 bits per heavy atom. The van der Waals surface area contributed by atoms with Crippen molar-refractivity contribution >= 4 is 5.91 Å². The summed E-state index contributed by atoms with van der Waals surface area (Å²) in [6.07, 6.45) is 3.89. The average molecular weight is 306 g/mol. The van der Waals surface area contributed by atoms with Crippen molar-refractivity contribution in [2.24, 2.45) is 0 Å². The third-order valence-corrected chi connectivity index (χ3v) is 3.66. The van der Waals surface area contributed by atoms with Crippen LogP contribution in [0, 0.1) is 5.82 Å². The number of amides is 1. The van der Waals surface area contributed by atoms with E-state index in [-0.39, 0.29) is 24.4 Å². The zero-order valence-electron chi connectivity index (χ0n) is 12.8. The smallest absolute Gasteiger partial charge is 0.234 e. The van der Waals surface area contributed by atoms with Gasteiger partial charge >= 0.3 is 0 Å². The van der Waals surface area contributed by atoms with Crippen LogP contribution in [-0.4, -0.2) is 43.2 Å². The first-order chi connectivity index (χ1) is 10.7. The minimum Gasteiger partial charge on any atom is -0.376 e. The van der Waals surface area contributed by atoms with Crippen molar-refractivity contribution < 1.29 is 13.9 Å². The maximum absolute atomic E-state index is 13.7. The lowest BCUT2D eigenvalue weighted by Crippen LogP contribution is -2.40. The molecule has 1 aromatic rings. The lowest BCUT2D eigenvalue weighted by Gasteiger charge is -2.21. The summed E-state index contributed by atoms with van der Waals surface area (Å²) in [7, 11) is 0. The Hall–Kier alpha value is -1.72. The molecule has 1 atom stereocenters. The number of rotatable bonds is 8. The van der Waals surface area contributed by atoms with E-state index in [1.54, 1.807) is 24.3 Å². The molecule has 1 heterocycles. The number of hydrogen-bond acceptors (Lipinski definition) is 3. The molecule has 22 heavy (non-hydrogen) atoms. The molecule has 0 aliphatic carbocycles. The van der Waals surface area contributed by atoms with Crippen LogP contribution < -0.4 is 5.32 Å².